The number of hydrogen-bond acceptors (Lipinski definition) is 4. The average Bonchev–Trinajstić information content (AvgIpc) is 2.90. The Morgan fingerprint density at radius 3 is 2.70 bits per heavy atom. The molecule has 0 amide bonds. The molecule has 0 aliphatic rings. The highest BCUT2D eigenvalue weighted by Crippen LogP contribution is 2.32. The van der Waals surface area contributed by atoms with Crippen molar-refractivity contribution in [1.82, 2.24) is 0 Å². The lowest BCUT2D eigenvalue weighted by Crippen LogP contribution is -2.09. The van der Waals surface area contributed by atoms with Gasteiger partial charge in [0.15, 0.2) is 0 Å². The van der Waals surface area contributed by atoms with Crippen molar-refractivity contribution in [3.63, 3.8) is 0 Å². The molecule has 0 radical (unpaired) electrons. The van der Waals surface area contributed by atoms with Gasteiger partial charge in [-0.3, -0.25) is 0 Å². The fourth-order valence-corrected chi connectivity index (χ4v) is 2.18. The Labute approximate surface area is 126 Å². The molecule has 0 aliphatic carbocycles. The van der Waals surface area contributed by atoms with Gasteiger partial charge < -0.3 is 13.9 Å². The summed E-state index contributed by atoms with van der Waals surface area (Å²) in [6.07, 6.45) is 0.979. The number of esters is 1. The molecule has 0 N–H and O–H groups in total. The number of benzene rings is 1. The van der Waals surface area contributed by atoms with Crippen molar-refractivity contribution in [2.75, 3.05) is 7.11 Å². The monoisotopic (exact) mass is 314 g/mol. The fraction of sp³-hybridized carbons (Fsp3) is 0.214. The zero-order chi connectivity index (χ0) is 14.7. The zero-order valence-corrected chi connectivity index (χ0v) is 12.4. The van der Waals surface area contributed by atoms with Crippen LogP contribution in [0.15, 0.2) is 34.9 Å². The lowest BCUT2D eigenvalue weighted by atomic mass is 10.1. The van der Waals surface area contributed by atoms with E-state index in [0.29, 0.717) is 21.4 Å². The molecule has 0 aliphatic heterocycles. The Morgan fingerprint density at radius 1 is 1.30 bits per heavy atom. The maximum absolute atomic E-state index is 11.5. The fourth-order valence-electron chi connectivity index (χ4n) is 1.72. The highest BCUT2D eigenvalue weighted by Gasteiger charge is 2.22. The highest BCUT2D eigenvalue weighted by atomic mass is 35.5. The van der Waals surface area contributed by atoms with Gasteiger partial charge in [-0.25, -0.2) is 4.79 Å². The Kier molecular flexibility index (Phi) is 4.57. The summed E-state index contributed by atoms with van der Waals surface area (Å²) in [5.74, 6) is 0.0355. The first-order valence-corrected chi connectivity index (χ1v) is 6.56. The molecule has 2 aromatic rings. The number of hydrogen-bond donors (Lipinski definition) is 0. The van der Waals surface area contributed by atoms with Gasteiger partial charge in [0.1, 0.15) is 11.9 Å². The van der Waals surface area contributed by atoms with Gasteiger partial charge in [0.05, 0.1) is 18.4 Å². The third kappa shape index (κ3) is 3.08. The van der Waals surface area contributed by atoms with E-state index in [9.17, 15) is 4.79 Å². The summed E-state index contributed by atoms with van der Waals surface area (Å²) >= 11 is 11.9. The summed E-state index contributed by atoms with van der Waals surface area (Å²) in [4.78, 5) is 11.5. The van der Waals surface area contributed by atoms with Crippen LogP contribution in [-0.4, -0.2) is 13.1 Å². The Morgan fingerprint density at radius 2 is 2.05 bits per heavy atom. The SMILES string of the molecule is COC(=O)c1occc1C(C)Oc1ccc(Cl)cc1Cl. The molecule has 6 heteroatoms. The van der Waals surface area contributed by atoms with Gasteiger partial charge >= 0.3 is 5.97 Å². The van der Waals surface area contributed by atoms with Crippen LogP contribution in [0.25, 0.3) is 0 Å². The quantitative estimate of drug-likeness (QED) is 0.779. The van der Waals surface area contributed by atoms with E-state index in [2.05, 4.69) is 4.74 Å². The maximum atomic E-state index is 11.5. The third-order valence-electron chi connectivity index (χ3n) is 2.70. The molecule has 0 saturated carbocycles. The number of methoxy groups -OCH3 is 1. The molecule has 1 unspecified atom stereocenters. The van der Waals surface area contributed by atoms with Crippen LogP contribution in [0, 0.1) is 0 Å². The molecule has 1 atom stereocenters. The second-order valence-corrected chi connectivity index (χ2v) is 4.88. The van der Waals surface area contributed by atoms with Crippen molar-refractivity contribution in [3.8, 4) is 5.75 Å². The molecule has 1 aromatic heterocycles. The third-order valence-corrected chi connectivity index (χ3v) is 3.23. The van der Waals surface area contributed by atoms with E-state index in [1.807, 2.05) is 0 Å². The molecular weight excluding hydrogens is 303 g/mol. The van der Waals surface area contributed by atoms with Crippen molar-refractivity contribution >= 4 is 29.2 Å². The summed E-state index contributed by atoms with van der Waals surface area (Å²) in [6, 6.07) is 6.58. The van der Waals surface area contributed by atoms with Crippen LogP contribution in [-0.2, 0) is 4.74 Å². The van der Waals surface area contributed by atoms with Crippen molar-refractivity contribution in [2.24, 2.45) is 0 Å². The lowest BCUT2D eigenvalue weighted by Gasteiger charge is -2.15. The topological polar surface area (TPSA) is 48.7 Å². The van der Waals surface area contributed by atoms with Crippen molar-refractivity contribution in [2.45, 2.75) is 13.0 Å². The van der Waals surface area contributed by atoms with Gasteiger partial charge in [0, 0.05) is 10.6 Å². The molecule has 20 heavy (non-hydrogen) atoms. The molecule has 2 rings (SSSR count). The van der Waals surface area contributed by atoms with Crippen molar-refractivity contribution < 1.29 is 18.7 Å². The van der Waals surface area contributed by atoms with Gasteiger partial charge in [-0.1, -0.05) is 23.2 Å². The van der Waals surface area contributed by atoms with Crippen LogP contribution in [0.4, 0.5) is 0 Å². The largest absolute Gasteiger partial charge is 0.484 e. The molecule has 106 valence electrons. The predicted octanol–water partition coefficient (Wildman–Crippen LogP) is 4.51. The van der Waals surface area contributed by atoms with Gasteiger partial charge in [-0.05, 0) is 31.2 Å². The van der Waals surface area contributed by atoms with Crippen LogP contribution in [0.1, 0.15) is 29.1 Å². The Balaban J connectivity index is 2.22. The molecule has 0 bridgehead atoms. The minimum absolute atomic E-state index is 0.116. The van der Waals surface area contributed by atoms with E-state index in [-0.39, 0.29) is 5.76 Å². The molecule has 0 saturated heterocycles. The summed E-state index contributed by atoms with van der Waals surface area (Å²) in [5, 5.41) is 0.918. The van der Waals surface area contributed by atoms with Crippen LogP contribution in [0.2, 0.25) is 10.0 Å². The van der Waals surface area contributed by atoms with E-state index >= 15 is 0 Å². The van der Waals surface area contributed by atoms with Crippen LogP contribution in [0.5, 0.6) is 5.75 Å². The molecular formula is C14H12Cl2O4. The number of carbonyl (C=O) groups excluding carboxylic acids is 1. The first-order valence-electron chi connectivity index (χ1n) is 5.80. The van der Waals surface area contributed by atoms with E-state index < -0.39 is 12.1 Å². The summed E-state index contributed by atoms with van der Waals surface area (Å²) in [7, 11) is 1.29. The van der Waals surface area contributed by atoms with E-state index in [1.54, 1.807) is 31.2 Å². The summed E-state index contributed by atoms with van der Waals surface area (Å²) in [5.41, 5.74) is 0.586. The first-order chi connectivity index (χ1) is 9.52. The van der Waals surface area contributed by atoms with Crippen LogP contribution < -0.4 is 4.74 Å². The minimum Gasteiger partial charge on any atom is -0.484 e. The van der Waals surface area contributed by atoms with Crippen molar-refractivity contribution in [3.05, 3.63) is 51.9 Å². The number of ether oxygens (including phenoxy) is 2. The van der Waals surface area contributed by atoms with E-state index in [1.165, 1.54) is 13.4 Å². The van der Waals surface area contributed by atoms with E-state index in [0.717, 1.165) is 0 Å². The number of halogens is 2. The number of carbonyl (C=O) groups is 1. The molecule has 0 fully saturated rings. The standard InChI is InChI=1S/C14H12Cl2O4/c1-8(10-5-6-19-13(10)14(17)18-2)20-12-4-3-9(15)7-11(12)16/h3-8H,1-2H3. The zero-order valence-electron chi connectivity index (χ0n) is 10.9. The van der Waals surface area contributed by atoms with Gasteiger partial charge in [0.25, 0.3) is 0 Å². The smallest absolute Gasteiger partial charge is 0.374 e. The Bertz CT molecular complexity index is 621. The minimum atomic E-state index is -0.553. The molecule has 4 nitrogen and oxygen atoms in total. The first kappa shape index (κ1) is 14.8. The molecule has 1 aromatic carbocycles. The molecule has 1 heterocycles. The normalized spacial score (nSPS) is 12.0. The summed E-state index contributed by atoms with van der Waals surface area (Å²) in [6.45, 7) is 1.78. The van der Waals surface area contributed by atoms with Crippen LogP contribution in [0.3, 0.4) is 0 Å². The van der Waals surface area contributed by atoms with Gasteiger partial charge in [-0.2, -0.15) is 0 Å². The second kappa shape index (κ2) is 6.20. The average molecular weight is 315 g/mol. The molecule has 0 spiro atoms. The van der Waals surface area contributed by atoms with Crippen molar-refractivity contribution in [1.29, 1.82) is 0 Å². The highest BCUT2D eigenvalue weighted by molar-refractivity contribution is 6.35. The maximum Gasteiger partial charge on any atom is 0.374 e. The van der Waals surface area contributed by atoms with Gasteiger partial charge in [-0.15, -0.1) is 0 Å². The lowest BCUT2D eigenvalue weighted by molar-refractivity contribution is 0.0558. The number of furan rings is 1. The predicted molar refractivity (Wildman–Crippen MR) is 75.6 cm³/mol. The number of rotatable bonds is 4. The van der Waals surface area contributed by atoms with E-state index in [4.69, 9.17) is 32.4 Å². The van der Waals surface area contributed by atoms with Crippen LogP contribution >= 0.6 is 23.2 Å². The Hall–Kier alpha value is -1.65. The van der Waals surface area contributed by atoms with Gasteiger partial charge in [0.2, 0.25) is 5.76 Å². The summed E-state index contributed by atoms with van der Waals surface area (Å²) < 4.78 is 15.5. The second-order valence-electron chi connectivity index (χ2n) is 4.03.